The molecule has 0 unspecified atom stereocenters. The van der Waals surface area contributed by atoms with E-state index < -0.39 is 0 Å². The topological polar surface area (TPSA) is 51.1 Å². The minimum Gasteiger partial charge on any atom is -0.497 e. The second kappa shape index (κ2) is 8.52. The number of carbonyl (C=O) groups excluding carboxylic acids is 1. The van der Waals surface area contributed by atoms with Crippen LogP contribution in [-0.4, -0.2) is 36.3 Å². The Morgan fingerprint density at radius 1 is 1.23 bits per heavy atom. The number of methoxy groups -OCH3 is 1. The van der Waals surface area contributed by atoms with Crippen LogP contribution < -0.4 is 4.74 Å². The van der Waals surface area contributed by atoms with Crippen LogP contribution in [0.3, 0.4) is 0 Å². The van der Waals surface area contributed by atoms with E-state index in [4.69, 9.17) is 9.57 Å². The van der Waals surface area contributed by atoms with Crippen LogP contribution in [0.15, 0.2) is 59.8 Å². The maximum absolute atomic E-state index is 12.4. The molecule has 1 aliphatic rings. The normalized spacial score (nSPS) is 15.9. The van der Waals surface area contributed by atoms with Crippen LogP contribution in [0.1, 0.15) is 30.9 Å². The molecule has 1 amide bonds. The first-order valence-corrected chi connectivity index (χ1v) is 8.88. The molecule has 3 rings (SSSR count). The summed E-state index contributed by atoms with van der Waals surface area (Å²) in [4.78, 5) is 19.8. The van der Waals surface area contributed by atoms with E-state index in [1.807, 2.05) is 66.4 Å². The van der Waals surface area contributed by atoms with Gasteiger partial charge in [0.05, 0.1) is 19.4 Å². The molecule has 5 nitrogen and oxygen atoms in total. The first-order chi connectivity index (χ1) is 12.7. The molecule has 0 saturated heterocycles. The lowest BCUT2D eigenvalue weighted by Crippen LogP contribution is -2.36. The van der Waals surface area contributed by atoms with E-state index in [1.165, 1.54) is 0 Å². The number of hydrogen-bond donors (Lipinski definition) is 0. The van der Waals surface area contributed by atoms with E-state index in [-0.39, 0.29) is 12.0 Å². The summed E-state index contributed by atoms with van der Waals surface area (Å²) in [5, 5.41) is 4.22. The van der Waals surface area contributed by atoms with Crippen molar-refractivity contribution in [2.75, 3.05) is 13.7 Å². The Hall–Kier alpha value is -2.82. The largest absolute Gasteiger partial charge is 0.497 e. The van der Waals surface area contributed by atoms with E-state index in [9.17, 15) is 4.79 Å². The Balaban J connectivity index is 1.65. The first-order valence-electron chi connectivity index (χ1n) is 8.88. The van der Waals surface area contributed by atoms with Crippen LogP contribution in [0.4, 0.5) is 0 Å². The zero-order chi connectivity index (χ0) is 18.4. The molecule has 0 saturated carbocycles. The van der Waals surface area contributed by atoms with E-state index in [0.717, 1.165) is 22.6 Å². The fourth-order valence-electron chi connectivity index (χ4n) is 3.04. The number of rotatable bonds is 7. The van der Waals surface area contributed by atoms with Crippen molar-refractivity contribution in [1.29, 1.82) is 0 Å². The number of ether oxygens (including phenoxy) is 1. The average molecular weight is 352 g/mol. The van der Waals surface area contributed by atoms with Crippen molar-refractivity contribution in [2.24, 2.45) is 5.16 Å². The van der Waals surface area contributed by atoms with E-state index in [1.54, 1.807) is 7.11 Å². The number of hydrogen-bond acceptors (Lipinski definition) is 4. The van der Waals surface area contributed by atoms with Crippen LogP contribution >= 0.6 is 0 Å². The summed E-state index contributed by atoms with van der Waals surface area (Å²) in [6.45, 7) is 2.93. The third-order valence-corrected chi connectivity index (χ3v) is 4.43. The van der Waals surface area contributed by atoms with Gasteiger partial charge in [0.2, 0.25) is 5.91 Å². The van der Waals surface area contributed by atoms with Gasteiger partial charge in [-0.25, -0.2) is 0 Å². The van der Waals surface area contributed by atoms with Crippen molar-refractivity contribution in [1.82, 2.24) is 4.90 Å². The van der Waals surface area contributed by atoms with Gasteiger partial charge >= 0.3 is 0 Å². The predicted octanol–water partition coefficient (Wildman–Crippen LogP) is 3.63. The Kier molecular flexibility index (Phi) is 5.89. The van der Waals surface area contributed by atoms with E-state index in [0.29, 0.717) is 25.9 Å². The van der Waals surface area contributed by atoms with Crippen LogP contribution in [-0.2, 0) is 16.2 Å². The van der Waals surface area contributed by atoms with Gasteiger partial charge < -0.3 is 14.5 Å². The lowest BCUT2D eigenvalue weighted by atomic mass is 10.0. The van der Waals surface area contributed by atoms with Crippen molar-refractivity contribution < 1.29 is 14.4 Å². The van der Waals surface area contributed by atoms with Crippen molar-refractivity contribution in [3.05, 3.63) is 65.7 Å². The summed E-state index contributed by atoms with van der Waals surface area (Å²) in [6.07, 6.45) is 1.05. The number of oxime groups is 1. The molecular weight excluding hydrogens is 328 g/mol. The summed E-state index contributed by atoms with van der Waals surface area (Å²) in [5.74, 6) is 0.891. The molecule has 26 heavy (non-hydrogen) atoms. The second-order valence-electron chi connectivity index (χ2n) is 6.31. The van der Waals surface area contributed by atoms with Crippen LogP contribution in [0.5, 0.6) is 5.75 Å². The molecule has 0 radical (unpaired) electrons. The zero-order valence-corrected chi connectivity index (χ0v) is 15.2. The number of amides is 1. The summed E-state index contributed by atoms with van der Waals surface area (Å²) in [7, 11) is 1.64. The Morgan fingerprint density at radius 3 is 2.77 bits per heavy atom. The van der Waals surface area contributed by atoms with Crippen LogP contribution in [0.25, 0.3) is 0 Å². The monoisotopic (exact) mass is 352 g/mol. The van der Waals surface area contributed by atoms with Gasteiger partial charge in [-0.1, -0.05) is 54.5 Å². The van der Waals surface area contributed by atoms with E-state index >= 15 is 0 Å². The highest BCUT2D eigenvalue weighted by Gasteiger charge is 2.26. The molecule has 0 fully saturated rings. The van der Waals surface area contributed by atoms with Crippen molar-refractivity contribution >= 4 is 11.6 Å². The summed E-state index contributed by atoms with van der Waals surface area (Å²) in [6, 6.07) is 17.8. The van der Waals surface area contributed by atoms with Gasteiger partial charge in [-0.05, 0) is 23.3 Å². The molecule has 1 atom stereocenters. The van der Waals surface area contributed by atoms with E-state index in [2.05, 4.69) is 5.16 Å². The molecule has 0 aromatic heterocycles. The molecule has 5 heteroatoms. The highest BCUT2D eigenvalue weighted by molar-refractivity contribution is 6.01. The zero-order valence-electron chi connectivity index (χ0n) is 15.2. The predicted molar refractivity (Wildman–Crippen MR) is 101 cm³/mol. The fourth-order valence-corrected chi connectivity index (χ4v) is 3.04. The third kappa shape index (κ3) is 4.42. The smallest absolute Gasteiger partial charge is 0.222 e. The Bertz CT molecular complexity index is 774. The highest BCUT2D eigenvalue weighted by atomic mass is 16.6. The summed E-state index contributed by atoms with van der Waals surface area (Å²) >= 11 is 0. The van der Waals surface area contributed by atoms with Crippen molar-refractivity contribution in [3.8, 4) is 5.75 Å². The maximum atomic E-state index is 12.4. The van der Waals surface area contributed by atoms with Crippen LogP contribution in [0, 0.1) is 0 Å². The molecule has 0 N–H and O–H groups in total. The van der Waals surface area contributed by atoms with Crippen molar-refractivity contribution in [3.63, 3.8) is 0 Å². The van der Waals surface area contributed by atoms with Gasteiger partial charge in [0.25, 0.3) is 0 Å². The minimum absolute atomic E-state index is 0.101. The van der Waals surface area contributed by atoms with Gasteiger partial charge in [0.15, 0.2) is 6.10 Å². The Morgan fingerprint density at radius 2 is 2.04 bits per heavy atom. The molecule has 1 aliphatic heterocycles. The highest BCUT2D eigenvalue weighted by Crippen LogP contribution is 2.20. The lowest BCUT2D eigenvalue weighted by molar-refractivity contribution is -0.133. The fraction of sp³-hybridized carbons (Fsp3) is 0.333. The van der Waals surface area contributed by atoms with Gasteiger partial charge in [0, 0.05) is 19.4 Å². The molecule has 0 bridgehead atoms. The number of nitrogens with zero attached hydrogens (tertiary/aromatic N) is 2. The molecule has 2 aromatic rings. The summed E-state index contributed by atoms with van der Waals surface area (Å²) in [5.41, 5.74) is 3.03. The molecule has 136 valence electrons. The standard InChI is InChI=1S/C21H24N2O3/c1-3-21(24)23(14-16-8-7-11-18(12-16)25-2)15-19-13-20(22-26-19)17-9-5-4-6-10-17/h4-12,19H,3,13-15H2,1-2H3/t19-/m1/s1. The second-order valence-corrected chi connectivity index (χ2v) is 6.31. The number of benzene rings is 2. The SMILES string of the molecule is CCC(=O)N(Cc1cccc(OC)c1)C[C@H]1CC(c2ccccc2)=NO1. The summed E-state index contributed by atoms with van der Waals surface area (Å²) < 4.78 is 5.27. The van der Waals surface area contributed by atoms with Gasteiger partial charge in [-0.15, -0.1) is 0 Å². The molecular formula is C21H24N2O3. The quantitative estimate of drug-likeness (QED) is 0.765. The Labute approximate surface area is 154 Å². The lowest BCUT2D eigenvalue weighted by Gasteiger charge is -2.24. The average Bonchev–Trinajstić information content (AvgIpc) is 3.16. The van der Waals surface area contributed by atoms with Gasteiger partial charge in [-0.2, -0.15) is 0 Å². The molecule has 1 heterocycles. The van der Waals surface area contributed by atoms with Crippen LogP contribution in [0.2, 0.25) is 0 Å². The third-order valence-electron chi connectivity index (χ3n) is 4.43. The maximum Gasteiger partial charge on any atom is 0.222 e. The van der Waals surface area contributed by atoms with Crippen molar-refractivity contribution in [2.45, 2.75) is 32.4 Å². The number of carbonyl (C=O) groups is 1. The molecule has 0 spiro atoms. The molecule has 2 aromatic carbocycles. The molecule has 0 aliphatic carbocycles. The first kappa shape index (κ1) is 18.0. The van der Waals surface area contributed by atoms with Gasteiger partial charge in [0.1, 0.15) is 5.75 Å². The van der Waals surface area contributed by atoms with Gasteiger partial charge in [-0.3, -0.25) is 4.79 Å². The minimum atomic E-state index is -0.119.